The Morgan fingerprint density at radius 2 is 2.36 bits per heavy atom. The highest BCUT2D eigenvalue weighted by atomic mass is 15.1. The molecule has 1 heteroatoms. The summed E-state index contributed by atoms with van der Waals surface area (Å²) < 4.78 is 0. The van der Waals surface area contributed by atoms with Crippen LogP contribution in [0.5, 0.6) is 0 Å². The zero-order chi connectivity index (χ0) is 7.73. The Balaban J connectivity index is 2.06. The lowest BCUT2D eigenvalue weighted by atomic mass is 9.87. The highest BCUT2D eigenvalue weighted by Crippen LogP contribution is 2.37. The first-order valence-electron chi connectivity index (χ1n) is 4.73. The smallest absolute Gasteiger partial charge is 0.0219 e. The summed E-state index contributed by atoms with van der Waals surface area (Å²) in [7, 11) is 0. The minimum Gasteiger partial charge on any atom is -0.308 e. The molecule has 0 spiro atoms. The molecular formula is C10H17N. The van der Waals surface area contributed by atoms with Gasteiger partial charge in [0.2, 0.25) is 0 Å². The van der Waals surface area contributed by atoms with Gasteiger partial charge < -0.3 is 5.32 Å². The van der Waals surface area contributed by atoms with Crippen LogP contribution >= 0.6 is 0 Å². The van der Waals surface area contributed by atoms with Crippen LogP contribution in [0.1, 0.15) is 38.5 Å². The van der Waals surface area contributed by atoms with Gasteiger partial charge in [0.25, 0.3) is 0 Å². The molecular weight excluding hydrogens is 134 g/mol. The first-order chi connectivity index (χ1) is 5.35. The second-order valence-corrected chi connectivity index (χ2v) is 4.05. The van der Waals surface area contributed by atoms with Crippen molar-refractivity contribution in [2.24, 2.45) is 0 Å². The molecule has 2 fully saturated rings. The third kappa shape index (κ3) is 1.22. The van der Waals surface area contributed by atoms with Gasteiger partial charge in [-0.3, -0.25) is 0 Å². The van der Waals surface area contributed by atoms with E-state index in [0.717, 1.165) is 6.04 Å². The van der Waals surface area contributed by atoms with Crippen LogP contribution in [0.25, 0.3) is 0 Å². The van der Waals surface area contributed by atoms with Crippen LogP contribution in [0.15, 0.2) is 12.7 Å². The van der Waals surface area contributed by atoms with Crippen molar-refractivity contribution in [1.29, 1.82) is 0 Å². The molecule has 2 aliphatic heterocycles. The summed E-state index contributed by atoms with van der Waals surface area (Å²) >= 11 is 0. The predicted molar refractivity (Wildman–Crippen MR) is 47.6 cm³/mol. The number of rotatable bonds is 2. The van der Waals surface area contributed by atoms with Gasteiger partial charge in [0, 0.05) is 11.6 Å². The average Bonchev–Trinajstić information content (AvgIpc) is 2.28. The molecule has 11 heavy (non-hydrogen) atoms. The highest BCUT2D eigenvalue weighted by Gasteiger charge is 2.39. The Morgan fingerprint density at radius 3 is 3.18 bits per heavy atom. The highest BCUT2D eigenvalue weighted by molar-refractivity contribution is 5.03. The topological polar surface area (TPSA) is 12.0 Å². The molecule has 0 amide bonds. The zero-order valence-electron chi connectivity index (χ0n) is 7.10. The zero-order valence-corrected chi connectivity index (χ0v) is 7.10. The maximum atomic E-state index is 3.83. The first-order valence-corrected chi connectivity index (χ1v) is 4.73. The average molecular weight is 151 g/mol. The molecule has 0 saturated carbocycles. The molecule has 2 atom stereocenters. The van der Waals surface area contributed by atoms with Crippen LogP contribution in [0, 0.1) is 0 Å². The standard InChI is InChI=1S/C10H17N/c1-2-6-10-7-3-4-9(11-10)5-8-10/h2,9,11H,1,3-8H2. The fraction of sp³-hybridized carbons (Fsp3) is 0.800. The van der Waals surface area contributed by atoms with Crippen molar-refractivity contribution in [3.05, 3.63) is 12.7 Å². The Labute approximate surface area is 68.9 Å². The summed E-state index contributed by atoms with van der Waals surface area (Å²) in [5, 5.41) is 3.73. The predicted octanol–water partition coefficient (Wildman–Crippen LogP) is 2.24. The molecule has 62 valence electrons. The summed E-state index contributed by atoms with van der Waals surface area (Å²) in [6.45, 7) is 3.83. The van der Waals surface area contributed by atoms with E-state index in [1.165, 1.54) is 38.5 Å². The number of hydrogen-bond acceptors (Lipinski definition) is 1. The van der Waals surface area contributed by atoms with E-state index in [1.807, 2.05) is 0 Å². The van der Waals surface area contributed by atoms with E-state index in [9.17, 15) is 0 Å². The molecule has 2 unspecified atom stereocenters. The van der Waals surface area contributed by atoms with Crippen LogP contribution < -0.4 is 5.32 Å². The van der Waals surface area contributed by atoms with Gasteiger partial charge in [-0.15, -0.1) is 6.58 Å². The van der Waals surface area contributed by atoms with Crippen molar-refractivity contribution in [2.75, 3.05) is 0 Å². The van der Waals surface area contributed by atoms with Crippen molar-refractivity contribution >= 4 is 0 Å². The normalized spacial score (nSPS) is 42.4. The fourth-order valence-electron chi connectivity index (χ4n) is 2.67. The summed E-state index contributed by atoms with van der Waals surface area (Å²) in [4.78, 5) is 0. The third-order valence-electron chi connectivity index (χ3n) is 3.22. The molecule has 0 aromatic rings. The van der Waals surface area contributed by atoms with Gasteiger partial charge in [0.05, 0.1) is 0 Å². The van der Waals surface area contributed by atoms with Crippen LogP contribution in [-0.2, 0) is 0 Å². The maximum absolute atomic E-state index is 3.83. The van der Waals surface area contributed by atoms with E-state index in [4.69, 9.17) is 0 Å². The summed E-state index contributed by atoms with van der Waals surface area (Å²) in [5.41, 5.74) is 0.477. The second kappa shape index (κ2) is 2.63. The van der Waals surface area contributed by atoms with Crippen LogP contribution in [0.4, 0.5) is 0 Å². The molecule has 0 aromatic carbocycles. The van der Waals surface area contributed by atoms with Crippen molar-refractivity contribution in [2.45, 2.75) is 50.1 Å². The van der Waals surface area contributed by atoms with Gasteiger partial charge in [-0.1, -0.05) is 12.5 Å². The fourth-order valence-corrected chi connectivity index (χ4v) is 2.67. The molecule has 1 nitrogen and oxygen atoms in total. The van der Waals surface area contributed by atoms with E-state index in [2.05, 4.69) is 18.0 Å². The molecule has 0 aliphatic carbocycles. The minimum absolute atomic E-state index is 0.477. The number of piperidine rings is 1. The number of hydrogen-bond donors (Lipinski definition) is 1. The molecule has 2 rings (SSSR count). The molecule has 2 saturated heterocycles. The van der Waals surface area contributed by atoms with Crippen molar-refractivity contribution in [1.82, 2.24) is 5.32 Å². The molecule has 1 N–H and O–H groups in total. The van der Waals surface area contributed by atoms with Gasteiger partial charge in [0.15, 0.2) is 0 Å². The van der Waals surface area contributed by atoms with E-state index < -0.39 is 0 Å². The lowest BCUT2D eigenvalue weighted by molar-refractivity contribution is 0.278. The van der Waals surface area contributed by atoms with Gasteiger partial charge in [-0.2, -0.15) is 0 Å². The Morgan fingerprint density at radius 1 is 1.45 bits per heavy atom. The SMILES string of the molecule is C=CCC12CCCC(CC1)N2. The number of fused-ring (bicyclic) bond motifs is 2. The first kappa shape index (κ1) is 7.35. The van der Waals surface area contributed by atoms with E-state index in [0.29, 0.717) is 5.54 Å². The lowest BCUT2D eigenvalue weighted by Gasteiger charge is -2.33. The van der Waals surface area contributed by atoms with Gasteiger partial charge >= 0.3 is 0 Å². The molecule has 2 heterocycles. The summed E-state index contributed by atoms with van der Waals surface area (Å²) in [6.07, 6.45) is 10.2. The lowest BCUT2D eigenvalue weighted by Crippen LogP contribution is -2.45. The van der Waals surface area contributed by atoms with E-state index >= 15 is 0 Å². The van der Waals surface area contributed by atoms with Gasteiger partial charge in [0.1, 0.15) is 0 Å². The van der Waals surface area contributed by atoms with Crippen LogP contribution in [-0.4, -0.2) is 11.6 Å². The summed E-state index contributed by atoms with van der Waals surface area (Å²) in [6, 6.07) is 0.837. The molecule has 2 bridgehead atoms. The quantitative estimate of drug-likeness (QED) is 0.597. The van der Waals surface area contributed by atoms with Crippen LogP contribution in [0.3, 0.4) is 0 Å². The largest absolute Gasteiger partial charge is 0.308 e. The van der Waals surface area contributed by atoms with Crippen molar-refractivity contribution < 1.29 is 0 Å². The Hall–Kier alpha value is -0.300. The second-order valence-electron chi connectivity index (χ2n) is 4.05. The third-order valence-corrected chi connectivity index (χ3v) is 3.22. The van der Waals surface area contributed by atoms with Gasteiger partial charge in [-0.25, -0.2) is 0 Å². The van der Waals surface area contributed by atoms with Crippen LogP contribution in [0.2, 0.25) is 0 Å². The van der Waals surface area contributed by atoms with E-state index in [-0.39, 0.29) is 0 Å². The summed E-state index contributed by atoms with van der Waals surface area (Å²) in [5.74, 6) is 0. The maximum Gasteiger partial charge on any atom is 0.0219 e. The van der Waals surface area contributed by atoms with Gasteiger partial charge in [-0.05, 0) is 32.1 Å². The van der Waals surface area contributed by atoms with E-state index in [1.54, 1.807) is 0 Å². The monoisotopic (exact) mass is 151 g/mol. The molecule has 0 aromatic heterocycles. The Bertz CT molecular complexity index is 160. The van der Waals surface area contributed by atoms with Crippen molar-refractivity contribution in [3.8, 4) is 0 Å². The minimum atomic E-state index is 0.477. The Kier molecular flexibility index (Phi) is 1.76. The molecule has 2 aliphatic rings. The number of nitrogens with one attached hydrogen (secondary N) is 1. The molecule has 0 radical (unpaired) electrons. The van der Waals surface area contributed by atoms with Crippen molar-refractivity contribution in [3.63, 3.8) is 0 Å².